The fourth-order valence-corrected chi connectivity index (χ4v) is 2.89. The number of halogens is 1. The molecule has 0 saturated carbocycles. The van der Waals surface area contributed by atoms with Gasteiger partial charge in [-0.1, -0.05) is 0 Å². The lowest BCUT2D eigenvalue weighted by atomic mass is 10.3. The highest BCUT2D eigenvalue weighted by atomic mass is 19.1. The lowest BCUT2D eigenvalue weighted by Gasteiger charge is -2.19. The number of hydrogen-bond donors (Lipinski definition) is 2. The van der Waals surface area contributed by atoms with Crippen LogP contribution in [0.2, 0.25) is 0 Å². The molecule has 0 radical (unpaired) electrons. The SMILES string of the molecule is CCNC(=NCCn1cccn1)NC1CCN(c2ncccc2F)C1. The Balaban J connectivity index is 1.54. The molecule has 1 unspecified atom stereocenters. The van der Waals surface area contributed by atoms with E-state index in [-0.39, 0.29) is 11.9 Å². The zero-order chi connectivity index (χ0) is 17.5. The predicted molar refractivity (Wildman–Crippen MR) is 96.2 cm³/mol. The Morgan fingerprint density at radius 3 is 3.08 bits per heavy atom. The number of pyridine rings is 1. The summed E-state index contributed by atoms with van der Waals surface area (Å²) in [4.78, 5) is 10.7. The molecule has 8 heteroatoms. The van der Waals surface area contributed by atoms with Crippen molar-refractivity contribution >= 4 is 11.8 Å². The van der Waals surface area contributed by atoms with Gasteiger partial charge in [-0.15, -0.1) is 0 Å². The summed E-state index contributed by atoms with van der Waals surface area (Å²) in [5, 5.41) is 10.9. The molecule has 25 heavy (non-hydrogen) atoms. The van der Waals surface area contributed by atoms with Gasteiger partial charge in [-0.25, -0.2) is 9.37 Å². The molecule has 134 valence electrons. The van der Waals surface area contributed by atoms with Crippen LogP contribution in [-0.2, 0) is 6.54 Å². The first-order valence-corrected chi connectivity index (χ1v) is 8.64. The molecule has 7 nitrogen and oxygen atoms in total. The van der Waals surface area contributed by atoms with Crippen LogP contribution >= 0.6 is 0 Å². The summed E-state index contributed by atoms with van der Waals surface area (Å²) in [6, 6.07) is 5.17. The number of aliphatic imine (C=N–C) groups is 1. The highest BCUT2D eigenvalue weighted by molar-refractivity contribution is 5.80. The van der Waals surface area contributed by atoms with Crippen LogP contribution in [-0.4, -0.2) is 52.9 Å². The molecule has 3 rings (SSSR count). The van der Waals surface area contributed by atoms with Crippen LogP contribution in [0.15, 0.2) is 41.8 Å². The molecule has 0 spiro atoms. The minimum Gasteiger partial charge on any atom is -0.357 e. The van der Waals surface area contributed by atoms with Crippen LogP contribution in [0.3, 0.4) is 0 Å². The average Bonchev–Trinajstić information content (AvgIpc) is 3.27. The van der Waals surface area contributed by atoms with Crippen molar-refractivity contribution in [2.45, 2.75) is 25.9 Å². The van der Waals surface area contributed by atoms with Crippen molar-refractivity contribution in [3.63, 3.8) is 0 Å². The first-order chi connectivity index (χ1) is 12.3. The van der Waals surface area contributed by atoms with E-state index in [1.807, 2.05) is 28.8 Å². The Hall–Kier alpha value is -2.64. The van der Waals surface area contributed by atoms with Gasteiger partial charge in [0.2, 0.25) is 0 Å². The van der Waals surface area contributed by atoms with Gasteiger partial charge in [-0.2, -0.15) is 5.10 Å². The lowest BCUT2D eigenvalue weighted by Crippen LogP contribution is -2.44. The summed E-state index contributed by atoms with van der Waals surface area (Å²) in [6.07, 6.45) is 6.22. The van der Waals surface area contributed by atoms with Gasteiger partial charge in [0, 0.05) is 44.3 Å². The summed E-state index contributed by atoms with van der Waals surface area (Å²) in [7, 11) is 0. The van der Waals surface area contributed by atoms with Crippen molar-refractivity contribution in [2.24, 2.45) is 4.99 Å². The molecule has 2 aromatic rings. The third kappa shape index (κ3) is 4.68. The predicted octanol–water partition coefficient (Wildman–Crippen LogP) is 1.25. The van der Waals surface area contributed by atoms with Crippen LogP contribution in [0.25, 0.3) is 0 Å². The Morgan fingerprint density at radius 1 is 1.40 bits per heavy atom. The Bertz CT molecular complexity index is 686. The van der Waals surface area contributed by atoms with Crippen LogP contribution in [0.5, 0.6) is 0 Å². The number of anilines is 1. The van der Waals surface area contributed by atoms with Gasteiger partial charge in [0.25, 0.3) is 0 Å². The highest BCUT2D eigenvalue weighted by Crippen LogP contribution is 2.20. The van der Waals surface area contributed by atoms with Gasteiger partial charge >= 0.3 is 0 Å². The maximum atomic E-state index is 13.9. The average molecular weight is 345 g/mol. The third-order valence-corrected chi connectivity index (χ3v) is 4.07. The first kappa shape index (κ1) is 17.2. The van der Waals surface area contributed by atoms with E-state index in [0.29, 0.717) is 18.9 Å². The van der Waals surface area contributed by atoms with Crippen molar-refractivity contribution in [3.8, 4) is 0 Å². The molecule has 2 aromatic heterocycles. The summed E-state index contributed by atoms with van der Waals surface area (Å²) in [5.74, 6) is 0.929. The fourth-order valence-electron chi connectivity index (χ4n) is 2.89. The molecule has 1 aliphatic rings. The van der Waals surface area contributed by atoms with E-state index in [1.54, 1.807) is 18.5 Å². The number of nitrogens with one attached hydrogen (secondary N) is 2. The van der Waals surface area contributed by atoms with Crippen molar-refractivity contribution in [1.29, 1.82) is 0 Å². The van der Waals surface area contributed by atoms with Crippen molar-refractivity contribution in [1.82, 2.24) is 25.4 Å². The van der Waals surface area contributed by atoms with Gasteiger partial charge < -0.3 is 15.5 Å². The standard InChI is InChI=1S/C17H24FN7/c1-2-19-17(21-9-12-25-10-4-8-22-25)23-14-6-11-24(13-14)16-15(18)5-3-7-20-16/h3-5,7-8,10,14H,2,6,9,11-13H2,1H3,(H2,19,21,23). The first-order valence-electron chi connectivity index (χ1n) is 8.64. The molecule has 3 heterocycles. The number of rotatable bonds is 6. The number of hydrogen-bond acceptors (Lipinski definition) is 4. The topological polar surface area (TPSA) is 70.4 Å². The Kier molecular flexibility index (Phi) is 5.81. The van der Waals surface area contributed by atoms with Crippen molar-refractivity contribution in [2.75, 3.05) is 31.1 Å². The van der Waals surface area contributed by atoms with Crippen LogP contribution in [0.4, 0.5) is 10.2 Å². The normalized spacial score (nSPS) is 17.8. The smallest absolute Gasteiger partial charge is 0.191 e. The second-order valence-electron chi connectivity index (χ2n) is 5.91. The number of aromatic nitrogens is 3. The highest BCUT2D eigenvalue weighted by Gasteiger charge is 2.25. The van der Waals surface area contributed by atoms with Crippen LogP contribution in [0.1, 0.15) is 13.3 Å². The second-order valence-corrected chi connectivity index (χ2v) is 5.91. The molecular formula is C17H24FN7. The summed E-state index contributed by atoms with van der Waals surface area (Å²) < 4.78 is 15.7. The quantitative estimate of drug-likeness (QED) is 0.609. The Morgan fingerprint density at radius 2 is 2.32 bits per heavy atom. The van der Waals surface area contributed by atoms with E-state index >= 15 is 0 Å². The van der Waals surface area contributed by atoms with Crippen molar-refractivity contribution in [3.05, 3.63) is 42.6 Å². The molecule has 1 fully saturated rings. The molecular weight excluding hydrogens is 321 g/mol. The zero-order valence-electron chi connectivity index (χ0n) is 14.4. The second kappa shape index (κ2) is 8.46. The monoisotopic (exact) mass is 345 g/mol. The number of guanidine groups is 1. The van der Waals surface area contributed by atoms with E-state index in [9.17, 15) is 4.39 Å². The molecule has 2 N–H and O–H groups in total. The minimum absolute atomic E-state index is 0.212. The molecule has 1 saturated heterocycles. The van der Waals surface area contributed by atoms with Gasteiger partial charge in [0.05, 0.1) is 13.1 Å². The molecule has 0 aliphatic carbocycles. The fraction of sp³-hybridized carbons (Fsp3) is 0.471. The molecule has 0 bridgehead atoms. The van der Waals surface area contributed by atoms with Gasteiger partial charge in [-0.05, 0) is 31.5 Å². The van der Waals surface area contributed by atoms with E-state index < -0.39 is 0 Å². The van der Waals surface area contributed by atoms with Crippen molar-refractivity contribution < 1.29 is 4.39 Å². The van der Waals surface area contributed by atoms with Gasteiger partial charge in [0.15, 0.2) is 17.6 Å². The summed E-state index contributed by atoms with van der Waals surface area (Å²) >= 11 is 0. The molecule has 1 aliphatic heterocycles. The Labute approximate surface area is 147 Å². The minimum atomic E-state index is -0.275. The van der Waals surface area contributed by atoms with E-state index in [1.165, 1.54) is 6.07 Å². The van der Waals surface area contributed by atoms with E-state index in [4.69, 9.17) is 0 Å². The summed E-state index contributed by atoms with van der Waals surface area (Å²) in [5.41, 5.74) is 0. The molecule has 0 aromatic carbocycles. The van der Waals surface area contributed by atoms with Gasteiger partial charge in [0.1, 0.15) is 0 Å². The summed E-state index contributed by atoms with van der Waals surface area (Å²) in [6.45, 7) is 5.69. The lowest BCUT2D eigenvalue weighted by molar-refractivity contribution is 0.608. The van der Waals surface area contributed by atoms with Crippen LogP contribution < -0.4 is 15.5 Å². The maximum absolute atomic E-state index is 13.9. The molecule has 1 atom stereocenters. The largest absolute Gasteiger partial charge is 0.357 e. The van der Waals surface area contributed by atoms with E-state index in [2.05, 4.69) is 25.7 Å². The van der Waals surface area contributed by atoms with E-state index in [0.717, 1.165) is 32.0 Å². The number of nitrogens with zero attached hydrogens (tertiary/aromatic N) is 5. The maximum Gasteiger partial charge on any atom is 0.191 e. The van der Waals surface area contributed by atoms with Gasteiger partial charge in [-0.3, -0.25) is 9.67 Å². The zero-order valence-corrected chi connectivity index (χ0v) is 14.4. The molecule has 0 amide bonds. The third-order valence-electron chi connectivity index (χ3n) is 4.07. The van der Waals surface area contributed by atoms with Crippen LogP contribution in [0, 0.1) is 5.82 Å².